The van der Waals surface area contributed by atoms with E-state index in [1.807, 2.05) is 5.32 Å². The van der Waals surface area contributed by atoms with Crippen LogP contribution in [0, 0.1) is 0 Å². The second-order valence-electron chi connectivity index (χ2n) is 6.86. The molecule has 12 N–H and O–H groups in total. The van der Waals surface area contributed by atoms with Crippen LogP contribution in [0.3, 0.4) is 0 Å². The standard InChI is InChI=1S/C17H30N6O9/c18-4-2-1-3-9(21-14(28)8(19)5-12(20)25)15(29)22-10(6-13(26)27)16(30)23-11(7-24)17(31)32/h8-11,24H,1-7,18-19H2,(H2,20,25)(H,21,28)(H,22,29)(H,23,30)(H,26,27)(H,31,32). The molecule has 0 aliphatic carbocycles. The van der Waals surface area contributed by atoms with Gasteiger partial charge < -0.3 is 48.5 Å². The number of unbranched alkanes of at least 4 members (excludes halogenated alkanes) is 1. The Balaban J connectivity index is 5.44. The highest BCUT2D eigenvalue weighted by Gasteiger charge is 2.31. The molecule has 0 aromatic carbocycles. The van der Waals surface area contributed by atoms with Crippen molar-refractivity contribution in [3.8, 4) is 0 Å². The molecule has 0 aromatic rings. The lowest BCUT2D eigenvalue weighted by molar-refractivity contribution is -0.144. The number of carbonyl (C=O) groups excluding carboxylic acids is 4. The number of aliphatic hydroxyl groups is 1. The molecule has 15 heteroatoms. The van der Waals surface area contributed by atoms with Crippen molar-refractivity contribution in [2.45, 2.75) is 56.3 Å². The summed E-state index contributed by atoms with van der Waals surface area (Å²) in [7, 11) is 0. The molecule has 0 aliphatic rings. The van der Waals surface area contributed by atoms with Crippen LogP contribution in [0.2, 0.25) is 0 Å². The van der Waals surface area contributed by atoms with E-state index >= 15 is 0 Å². The highest BCUT2D eigenvalue weighted by molar-refractivity contribution is 5.96. The first-order chi connectivity index (χ1) is 14.9. The monoisotopic (exact) mass is 462 g/mol. The van der Waals surface area contributed by atoms with Gasteiger partial charge in [0.25, 0.3) is 0 Å². The van der Waals surface area contributed by atoms with E-state index in [0.29, 0.717) is 19.4 Å². The molecule has 0 heterocycles. The fourth-order valence-electron chi connectivity index (χ4n) is 2.46. The smallest absolute Gasteiger partial charge is 0.328 e. The summed E-state index contributed by atoms with van der Waals surface area (Å²) in [5, 5.41) is 33.3. The number of hydrogen-bond acceptors (Lipinski definition) is 9. The van der Waals surface area contributed by atoms with E-state index in [4.69, 9.17) is 32.5 Å². The molecule has 0 spiro atoms. The maximum atomic E-state index is 12.7. The molecule has 0 radical (unpaired) electrons. The van der Waals surface area contributed by atoms with Gasteiger partial charge in [0.2, 0.25) is 23.6 Å². The third kappa shape index (κ3) is 11.2. The van der Waals surface area contributed by atoms with Gasteiger partial charge in [-0.2, -0.15) is 0 Å². The van der Waals surface area contributed by atoms with E-state index in [0.717, 1.165) is 0 Å². The van der Waals surface area contributed by atoms with Crippen LogP contribution in [0.5, 0.6) is 0 Å². The quantitative estimate of drug-likeness (QED) is 0.0982. The molecule has 0 bridgehead atoms. The Morgan fingerprint density at radius 1 is 0.781 bits per heavy atom. The van der Waals surface area contributed by atoms with E-state index in [1.54, 1.807) is 0 Å². The number of carboxylic acid groups (broad SMARTS) is 2. The SMILES string of the molecule is NCCCCC(NC(=O)C(N)CC(N)=O)C(=O)NC(CC(=O)O)C(=O)NC(CO)C(=O)O. The summed E-state index contributed by atoms with van der Waals surface area (Å²) in [6.45, 7) is -0.671. The van der Waals surface area contributed by atoms with E-state index in [2.05, 4.69) is 10.6 Å². The Morgan fingerprint density at radius 2 is 1.31 bits per heavy atom. The fraction of sp³-hybridized carbons (Fsp3) is 0.647. The number of carbonyl (C=O) groups is 6. The second-order valence-corrected chi connectivity index (χ2v) is 6.86. The topological polar surface area (TPSA) is 277 Å². The van der Waals surface area contributed by atoms with Crippen molar-refractivity contribution in [2.24, 2.45) is 17.2 Å². The normalized spacial score (nSPS) is 14.3. The number of nitrogens with one attached hydrogen (secondary N) is 3. The molecule has 182 valence electrons. The molecule has 0 aliphatic heterocycles. The number of rotatable bonds is 16. The van der Waals surface area contributed by atoms with E-state index in [1.165, 1.54) is 0 Å². The van der Waals surface area contributed by atoms with Crippen molar-refractivity contribution < 1.29 is 44.1 Å². The summed E-state index contributed by atoms with van der Waals surface area (Å²) >= 11 is 0. The molecule has 0 saturated carbocycles. The van der Waals surface area contributed by atoms with Gasteiger partial charge >= 0.3 is 11.9 Å². The third-order valence-electron chi connectivity index (χ3n) is 4.15. The molecule has 0 rings (SSSR count). The van der Waals surface area contributed by atoms with Gasteiger partial charge in [-0.15, -0.1) is 0 Å². The van der Waals surface area contributed by atoms with Crippen molar-refractivity contribution >= 4 is 35.6 Å². The van der Waals surface area contributed by atoms with Crippen LogP contribution in [0.4, 0.5) is 0 Å². The van der Waals surface area contributed by atoms with Crippen LogP contribution < -0.4 is 33.2 Å². The number of amides is 4. The Hall–Kier alpha value is -3.30. The maximum Gasteiger partial charge on any atom is 0.328 e. The van der Waals surface area contributed by atoms with Gasteiger partial charge in [-0.05, 0) is 25.8 Å². The molecule has 4 atom stereocenters. The van der Waals surface area contributed by atoms with Gasteiger partial charge in [0.15, 0.2) is 0 Å². The Bertz CT molecular complexity index is 702. The minimum Gasteiger partial charge on any atom is -0.481 e. The van der Waals surface area contributed by atoms with Crippen molar-refractivity contribution in [1.82, 2.24) is 16.0 Å². The van der Waals surface area contributed by atoms with Crippen LogP contribution in [-0.4, -0.2) is 88.2 Å². The summed E-state index contributed by atoms with van der Waals surface area (Å²) < 4.78 is 0. The van der Waals surface area contributed by atoms with E-state index < -0.39 is 79.2 Å². The first-order valence-electron chi connectivity index (χ1n) is 9.63. The largest absolute Gasteiger partial charge is 0.481 e. The summed E-state index contributed by atoms with van der Waals surface area (Å²) in [6, 6.07) is -6.02. The van der Waals surface area contributed by atoms with Gasteiger partial charge in [-0.1, -0.05) is 0 Å². The van der Waals surface area contributed by atoms with Crippen molar-refractivity contribution in [1.29, 1.82) is 0 Å². The van der Waals surface area contributed by atoms with E-state index in [-0.39, 0.29) is 6.42 Å². The second kappa shape index (κ2) is 14.7. The van der Waals surface area contributed by atoms with Crippen molar-refractivity contribution in [2.75, 3.05) is 13.2 Å². The molecular formula is C17H30N6O9. The lowest BCUT2D eigenvalue weighted by atomic mass is 10.1. The molecule has 15 nitrogen and oxygen atoms in total. The molecule has 4 amide bonds. The molecule has 0 fully saturated rings. The predicted octanol–water partition coefficient (Wildman–Crippen LogP) is -4.68. The molecule has 32 heavy (non-hydrogen) atoms. The minimum atomic E-state index is -1.72. The summed E-state index contributed by atoms with van der Waals surface area (Å²) in [4.78, 5) is 70.1. The lowest BCUT2D eigenvalue weighted by Gasteiger charge is -2.24. The van der Waals surface area contributed by atoms with Crippen LogP contribution in [0.25, 0.3) is 0 Å². The number of aliphatic hydroxyl groups excluding tert-OH is 1. The predicted molar refractivity (Wildman–Crippen MR) is 107 cm³/mol. The Morgan fingerprint density at radius 3 is 1.78 bits per heavy atom. The fourth-order valence-corrected chi connectivity index (χ4v) is 2.46. The molecule has 0 saturated heterocycles. The zero-order valence-electron chi connectivity index (χ0n) is 17.3. The van der Waals surface area contributed by atoms with Crippen LogP contribution in [-0.2, 0) is 28.8 Å². The van der Waals surface area contributed by atoms with Gasteiger partial charge in [-0.25, -0.2) is 4.79 Å². The van der Waals surface area contributed by atoms with Gasteiger partial charge in [0.05, 0.1) is 25.5 Å². The lowest BCUT2D eigenvalue weighted by Crippen LogP contribution is -2.58. The van der Waals surface area contributed by atoms with E-state index in [9.17, 15) is 28.8 Å². The van der Waals surface area contributed by atoms with Crippen molar-refractivity contribution in [3.63, 3.8) is 0 Å². The number of carboxylic acids is 2. The van der Waals surface area contributed by atoms with Gasteiger partial charge in [0, 0.05) is 0 Å². The third-order valence-corrected chi connectivity index (χ3v) is 4.15. The Labute approximate surface area is 183 Å². The maximum absolute atomic E-state index is 12.7. The first kappa shape index (κ1) is 28.7. The van der Waals surface area contributed by atoms with Crippen LogP contribution in [0.1, 0.15) is 32.1 Å². The number of nitrogens with two attached hydrogens (primary N) is 3. The highest BCUT2D eigenvalue weighted by Crippen LogP contribution is 2.04. The van der Waals surface area contributed by atoms with Crippen molar-refractivity contribution in [3.05, 3.63) is 0 Å². The summed E-state index contributed by atoms with van der Waals surface area (Å²) in [5.41, 5.74) is 15.9. The summed E-state index contributed by atoms with van der Waals surface area (Å²) in [6.07, 6.45) is -0.469. The number of aliphatic carboxylic acids is 2. The average Bonchev–Trinajstić information content (AvgIpc) is 2.69. The summed E-state index contributed by atoms with van der Waals surface area (Å²) in [5.74, 6) is -6.88. The van der Waals surface area contributed by atoms with Crippen LogP contribution >= 0.6 is 0 Å². The molecular weight excluding hydrogens is 432 g/mol. The average molecular weight is 462 g/mol. The Kier molecular flexibility index (Phi) is 13.1. The number of hydrogen-bond donors (Lipinski definition) is 9. The molecule has 0 aromatic heterocycles. The first-order valence-corrected chi connectivity index (χ1v) is 9.63. The zero-order valence-corrected chi connectivity index (χ0v) is 17.3. The minimum absolute atomic E-state index is 0.0495. The number of primary amides is 1. The van der Waals surface area contributed by atoms with Crippen LogP contribution in [0.15, 0.2) is 0 Å². The van der Waals surface area contributed by atoms with Gasteiger partial charge in [-0.3, -0.25) is 24.0 Å². The molecule has 4 unspecified atom stereocenters. The van der Waals surface area contributed by atoms with Gasteiger partial charge in [0.1, 0.15) is 18.1 Å². The highest BCUT2D eigenvalue weighted by atomic mass is 16.4. The zero-order chi connectivity index (χ0) is 24.8.